The van der Waals surface area contributed by atoms with E-state index < -0.39 is 5.60 Å². The summed E-state index contributed by atoms with van der Waals surface area (Å²) in [5, 5.41) is 13.3. The molecule has 1 heterocycles. The first-order valence-corrected chi connectivity index (χ1v) is 14.2. The molecule has 0 fully saturated rings. The Kier molecular flexibility index (Phi) is 15.1. The third-order valence-corrected chi connectivity index (χ3v) is 5.43. The average Bonchev–Trinajstić information content (AvgIpc) is 3.26. The molecule has 0 aliphatic heterocycles. The largest absolute Gasteiger partial charge is 0.476 e. The lowest BCUT2D eigenvalue weighted by Crippen LogP contribution is -2.26. The van der Waals surface area contributed by atoms with Crippen LogP contribution in [0.3, 0.4) is 0 Å². The highest BCUT2D eigenvalue weighted by molar-refractivity contribution is 5.82. The predicted octanol–water partition coefficient (Wildman–Crippen LogP) is 8.44. The van der Waals surface area contributed by atoms with Gasteiger partial charge in [-0.1, -0.05) is 89.8 Å². The number of benzene rings is 1. The van der Waals surface area contributed by atoms with Gasteiger partial charge in [0.05, 0.1) is 5.60 Å². The van der Waals surface area contributed by atoms with Crippen LogP contribution in [0.15, 0.2) is 94.0 Å². The first-order chi connectivity index (χ1) is 19.3. The number of para-hydroxylation sites is 1. The first kappa shape index (κ1) is 34.2. The monoisotopic (exact) mass is 546 g/mol. The van der Waals surface area contributed by atoms with E-state index in [0.29, 0.717) is 34.7 Å². The summed E-state index contributed by atoms with van der Waals surface area (Å²) in [4.78, 5) is 17.1. The third-order valence-electron chi connectivity index (χ3n) is 5.43. The third kappa shape index (κ3) is 10.0. The fourth-order valence-corrected chi connectivity index (χ4v) is 3.65. The lowest BCUT2D eigenvalue weighted by molar-refractivity contribution is -0.123. The van der Waals surface area contributed by atoms with Gasteiger partial charge in [0.15, 0.2) is 17.9 Å². The van der Waals surface area contributed by atoms with E-state index >= 15 is 0 Å². The van der Waals surface area contributed by atoms with Gasteiger partial charge in [-0.25, -0.2) is 4.98 Å². The molecule has 6 nitrogen and oxygen atoms in total. The maximum Gasteiger partial charge on any atom is 0.262 e. The lowest BCUT2D eigenvalue weighted by atomic mass is 9.98. The Morgan fingerprint density at radius 2 is 1.85 bits per heavy atom. The Morgan fingerprint density at radius 3 is 2.55 bits per heavy atom. The molecule has 0 unspecified atom stereocenters. The summed E-state index contributed by atoms with van der Waals surface area (Å²) in [7, 11) is 0. The quantitative estimate of drug-likeness (QED) is 0.355. The zero-order chi connectivity index (χ0) is 30.1. The highest BCUT2D eigenvalue weighted by Crippen LogP contribution is 2.31. The Labute approximate surface area is 240 Å². The molecule has 0 radical (unpaired) electrons. The molecule has 1 amide bonds. The highest BCUT2D eigenvalue weighted by atomic mass is 16.5. The van der Waals surface area contributed by atoms with Gasteiger partial charge in [0.1, 0.15) is 5.52 Å². The minimum atomic E-state index is -1.05. The number of nitrogens with one attached hydrogen (secondary N) is 1. The molecule has 0 saturated heterocycles. The molecule has 6 heteroatoms. The van der Waals surface area contributed by atoms with Gasteiger partial charge in [-0.3, -0.25) is 4.79 Å². The molecule has 1 aromatic heterocycles. The van der Waals surface area contributed by atoms with E-state index in [0.717, 1.165) is 23.3 Å². The van der Waals surface area contributed by atoms with E-state index in [9.17, 15) is 9.90 Å². The van der Waals surface area contributed by atoms with Crippen LogP contribution in [0.5, 0.6) is 0 Å². The standard InChI is InChI=1S/C28H28N2O4.3C2H6/c1-19-10-6-4-5-7-15-24(19)33-18-25(31)29-21-12-8-11-20(16-17-21)27-30-23-14-9-13-22(26(23)34-27)28(2,3)32;3*1-2/h4-5,7-11,13-14,16-17,32H,6,12,18H2,1-3H3,(H,29,31);3*1-2H3/b5-4-,19-10-;;;. The molecule has 0 bridgehead atoms. The molecule has 2 aromatic rings. The van der Waals surface area contributed by atoms with Crippen molar-refractivity contribution in [2.45, 2.75) is 80.8 Å². The fraction of sp³-hybridized carbons (Fsp3) is 0.382. The average molecular weight is 547 g/mol. The van der Waals surface area contributed by atoms with Crippen molar-refractivity contribution in [2.24, 2.45) is 0 Å². The number of oxazole rings is 1. The molecule has 2 aliphatic carbocycles. The SMILES string of the molecule is C/C1=C/C/C=C\C=C=C1OCC(=O)NC1=CC=C(c2nc3cccc(C(C)(C)O)c3o2)C=CC1.CC.CC.CC. The van der Waals surface area contributed by atoms with Crippen molar-refractivity contribution in [2.75, 3.05) is 6.61 Å². The van der Waals surface area contributed by atoms with Gasteiger partial charge in [-0.15, -0.1) is 0 Å². The van der Waals surface area contributed by atoms with Crippen molar-refractivity contribution < 1.29 is 19.1 Å². The number of carbonyl (C=O) groups excluding carboxylic acids is 1. The summed E-state index contributed by atoms with van der Waals surface area (Å²) in [5.41, 5.74) is 6.40. The number of allylic oxidation sites excluding steroid dienone is 9. The van der Waals surface area contributed by atoms with E-state index in [2.05, 4.69) is 16.0 Å². The molecular formula is C34H46N2O4. The number of ether oxygens (including phenoxy) is 1. The number of aromatic nitrogens is 1. The summed E-state index contributed by atoms with van der Waals surface area (Å²) in [5.74, 6) is 0.778. The Hall–Kier alpha value is -3.86. The van der Waals surface area contributed by atoms with Crippen LogP contribution in [0.2, 0.25) is 0 Å². The topological polar surface area (TPSA) is 84.6 Å². The normalized spacial score (nSPS) is 16.2. The number of carbonyl (C=O) groups is 1. The molecule has 2 N–H and O–H groups in total. The van der Waals surface area contributed by atoms with Crippen molar-refractivity contribution in [3.8, 4) is 0 Å². The van der Waals surface area contributed by atoms with E-state index in [4.69, 9.17) is 9.15 Å². The van der Waals surface area contributed by atoms with Gasteiger partial charge in [-0.2, -0.15) is 0 Å². The second-order valence-corrected chi connectivity index (χ2v) is 8.68. The van der Waals surface area contributed by atoms with Crippen molar-refractivity contribution in [1.82, 2.24) is 10.3 Å². The summed E-state index contributed by atoms with van der Waals surface area (Å²) in [6, 6.07) is 5.54. The van der Waals surface area contributed by atoms with Crippen molar-refractivity contribution >= 4 is 22.6 Å². The van der Waals surface area contributed by atoms with E-state index in [1.807, 2.05) is 109 Å². The van der Waals surface area contributed by atoms with Crippen molar-refractivity contribution in [1.29, 1.82) is 0 Å². The van der Waals surface area contributed by atoms with Crippen LogP contribution in [0.25, 0.3) is 16.7 Å². The van der Waals surface area contributed by atoms with Crippen LogP contribution in [0.1, 0.15) is 86.6 Å². The van der Waals surface area contributed by atoms with Gasteiger partial charge < -0.3 is 19.6 Å². The van der Waals surface area contributed by atoms with Crippen LogP contribution < -0.4 is 5.32 Å². The number of nitrogens with zero attached hydrogens (tertiary/aromatic N) is 1. The van der Waals surface area contributed by atoms with Crippen LogP contribution >= 0.6 is 0 Å². The summed E-state index contributed by atoms with van der Waals surface area (Å²) in [6.07, 6.45) is 16.7. The number of aliphatic hydroxyl groups is 1. The molecular weight excluding hydrogens is 500 g/mol. The van der Waals surface area contributed by atoms with Gasteiger partial charge in [0, 0.05) is 23.3 Å². The second kappa shape index (κ2) is 17.7. The summed E-state index contributed by atoms with van der Waals surface area (Å²) < 4.78 is 11.7. The number of hydrogen-bond acceptors (Lipinski definition) is 5. The maximum atomic E-state index is 12.5. The number of amides is 1. The molecule has 2 aliphatic rings. The Morgan fingerprint density at radius 1 is 1.12 bits per heavy atom. The second-order valence-electron chi connectivity index (χ2n) is 8.68. The minimum Gasteiger partial charge on any atom is -0.476 e. The van der Waals surface area contributed by atoms with E-state index in [1.54, 1.807) is 19.9 Å². The molecule has 0 atom stereocenters. The Balaban J connectivity index is 0.00000125. The molecule has 4 rings (SSSR count). The molecule has 40 heavy (non-hydrogen) atoms. The van der Waals surface area contributed by atoms with E-state index in [1.165, 1.54) is 0 Å². The van der Waals surface area contributed by atoms with Crippen molar-refractivity contribution in [3.05, 3.63) is 101 Å². The zero-order valence-electron chi connectivity index (χ0n) is 25.6. The maximum absolute atomic E-state index is 12.5. The first-order valence-electron chi connectivity index (χ1n) is 14.2. The number of rotatable bonds is 6. The summed E-state index contributed by atoms with van der Waals surface area (Å²) >= 11 is 0. The molecule has 216 valence electrons. The fourth-order valence-electron chi connectivity index (χ4n) is 3.65. The number of hydrogen-bond donors (Lipinski definition) is 2. The van der Waals surface area contributed by atoms with E-state index in [-0.39, 0.29) is 12.5 Å². The summed E-state index contributed by atoms with van der Waals surface area (Å²) in [6.45, 7) is 17.3. The Bertz CT molecular complexity index is 1320. The van der Waals surface area contributed by atoms with Gasteiger partial charge >= 0.3 is 0 Å². The van der Waals surface area contributed by atoms with Gasteiger partial charge in [-0.05, 0) is 57.1 Å². The van der Waals surface area contributed by atoms with Crippen molar-refractivity contribution in [3.63, 3.8) is 0 Å². The zero-order valence-corrected chi connectivity index (χ0v) is 25.6. The molecule has 0 saturated carbocycles. The van der Waals surface area contributed by atoms with Crippen LogP contribution in [-0.2, 0) is 15.1 Å². The smallest absolute Gasteiger partial charge is 0.262 e. The minimum absolute atomic E-state index is 0.104. The van der Waals surface area contributed by atoms with Gasteiger partial charge in [0.2, 0.25) is 5.89 Å². The molecule has 1 aromatic carbocycles. The molecule has 0 spiro atoms. The van der Waals surface area contributed by atoms with Crippen LogP contribution in [0.4, 0.5) is 0 Å². The number of fused-ring (bicyclic) bond motifs is 1. The van der Waals surface area contributed by atoms with Crippen LogP contribution in [0, 0.1) is 0 Å². The van der Waals surface area contributed by atoms with Crippen LogP contribution in [-0.4, -0.2) is 22.6 Å². The highest BCUT2D eigenvalue weighted by Gasteiger charge is 2.23. The van der Waals surface area contributed by atoms with Gasteiger partial charge in [0.25, 0.3) is 5.91 Å². The lowest BCUT2D eigenvalue weighted by Gasteiger charge is -2.17. The predicted molar refractivity (Wildman–Crippen MR) is 166 cm³/mol.